The van der Waals surface area contributed by atoms with E-state index in [9.17, 15) is 4.79 Å². The van der Waals surface area contributed by atoms with Crippen LogP contribution in [0.25, 0.3) is 0 Å². The largest absolute Gasteiger partial charge is 0.356 e. The average Bonchev–Trinajstić information content (AvgIpc) is 2.14. The summed E-state index contributed by atoms with van der Waals surface area (Å²) >= 11 is 0. The lowest BCUT2D eigenvalue weighted by molar-refractivity contribution is -0.122. The minimum Gasteiger partial charge on any atom is -0.356 e. The minimum absolute atomic E-state index is 0. The topological polar surface area (TPSA) is 55.1 Å². The van der Waals surface area contributed by atoms with Crippen molar-refractivity contribution in [2.75, 3.05) is 13.1 Å². The second-order valence-corrected chi connectivity index (χ2v) is 2.01. The summed E-state index contributed by atoms with van der Waals surface area (Å²) in [4.78, 5) is 10.6. The van der Waals surface area contributed by atoms with Crippen LogP contribution in [0.4, 0.5) is 0 Å². The van der Waals surface area contributed by atoms with Crippen LogP contribution in [0, 0.1) is 5.92 Å². The molecular weight excluding hydrogens is 140 g/mol. The number of hydrogen-bond acceptors (Lipinski definition) is 2. The molecule has 1 aliphatic heterocycles. The van der Waals surface area contributed by atoms with Crippen LogP contribution in [0.15, 0.2) is 0 Å². The molecule has 1 atom stereocenters. The van der Waals surface area contributed by atoms with Gasteiger partial charge < -0.3 is 11.1 Å². The summed E-state index contributed by atoms with van der Waals surface area (Å²) in [5.74, 6) is 0.211. The molecule has 4 heteroatoms. The van der Waals surface area contributed by atoms with Gasteiger partial charge in [0.05, 0.1) is 5.92 Å². The number of carbonyl (C=O) groups is 1. The highest BCUT2D eigenvalue weighted by Gasteiger charge is 2.21. The molecule has 3 nitrogen and oxygen atoms in total. The molecule has 0 aliphatic carbocycles. The van der Waals surface area contributed by atoms with Crippen molar-refractivity contribution in [3.8, 4) is 0 Å². The first-order chi connectivity index (χ1) is 3.84. The Kier molecular flexibility index (Phi) is 3.58. The Hall–Kier alpha value is -0.280. The fraction of sp³-hybridized carbons (Fsp3) is 0.800. The molecule has 1 rings (SSSR count). The van der Waals surface area contributed by atoms with Crippen molar-refractivity contribution in [1.29, 1.82) is 0 Å². The number of halogens is 1. The molecule has 0 spiro atoms. The summed E-state index contributed by atoms with van der Waals surface area (Å²) in [6.45, 7) is 1.30. The van der Waals surface area contributed by atoms with E-state index in [4.69, 9.17) is 5.73 Å². The monoisotopic (exact) mass is 150 g/mol. The Labute approximate surface area is 60.4 Å². The molecule has 9 heavy (non-hydrogen) atoms. The third-order valence-electron chi connectivity index (χ3n) is 1.45. The van der Waals surface area contributed by atoms with Crippen molar-refractivity contribution in [2.45, 2.75) is 6.42 Å². The highest BCUT2D eigenvalue weighted by molar-refractivity contribution is 5.85. The lowest BCUT2D eigenvalue weighted by atomic mass is 10.1. The van der Waals surface area contributed by atoms with Gasteiger partial charge in [-0.1, -0.05) is 0 Å². The Bertz CT molecular complexity index is 107. The van der Waals surface area contributed by atoms with E-state index in [1.165, 1.54) is 0 Å². The first-order valence-corrected chi connectivity index (χ1v) is 2.82. The first kappa shape index (κ1) is 8.72. The highest BCUT2D eigenvalue weighted by Crippen LogP contribution is 2.05. The fourth-order valence-electron chi connectivity index (χ4n) is 0.870. The second kappa shape index (κ2) is 3.69. The summed E-state index contributed by atoms with van der Waals surface area (Å²) in [5.41, 5.74) is 5.26. The summed E-state index contributed by atoms with van der Waals surface area (Å²) in [5, 5.41) is 2.70. The van der Waals surface area contributed by atoms with E-state index in [1.807, 2.05) is 0 Å². The normalized spacial score (nSPS) is 25.0. The van der Waals surface area contributed by atoms with Crippen LogP contribution in [0.3, 0.4) is 0 Å². The third-order valence-corrected chi connectivity index (χ3v) is 1.45. The van der Waals surface area contributed by atoms with Gasteiger partial charge >= 0.3 is 0 Å². The van der Waals surface area contributed by atoms with Crippen molar-refractivity contribution < 1.29 is 4.79 Å². The zero-order valence-corrected chi connectivity index (χ0v) is 5.91. The van der Waals surface area contributed by atoms with Crippen LogP contribution in [-0.4, -0.2) is 19.0 Å². The number of amides is 1. The number of hydrogen-bond donors (Lipinski definition) is 2. The molecule has 3 N–H and O–H groups in total. The molecule has 0 radical (unpaired) electrons. The molecule has 0 aromatic heterocycles. The predicted octanol–water partition coefficient (Wildman–Crippen LogP) is -0.497. The molecule has 1 heterocycles. The van der Waals surface area contributed by atoms with Gasteiger partial charge in [-0.05, 0) is 6.42 Å². The van der Waals surface area contributed by atoms with Gasteiger partial charge in [0.25, 0.3) is 0 Å². The van der Waals surface area contributed by atoms with Crippen LogP contribution in [0.1, 0.15) is 6.42 Å². The van der Waals surface area contributed by atoms with Crippen LogP contribution in [-0.2, 0) is 4.79 Å². The fourth-order valence-corrected chi connectivity index (χ4v) is 0.870. The van der Waals surface area contributed by atoms with E-state index in [2.05, 4.69) is 5.32 Å². The number of nitrogens with one attached hydrogen (secondary N) is 1. The molecule has 0 bridgehead atoms. The Balaban J connectivity index is 0.000000640. The van der Waals surface area contributed by atoms with Gasteiger partial charge in [0, 0.05) is 13.1 Å². The first-order valence-electron chi connectivity index (χ1n) is 2.82. The van der Waals surface area contributed by atoms with Crippen molar-refractivity contribution in [3.63, 3.8) is 0 Å². The van der Waals surface area contributed by atoms with E-state index in [-0.39, 0.29) is 24.2 Å². The SMILES string of the molecule is Cl.NCC1CCNC1=O. The lowest BCUT2D eigenvalue weighted by Crippen LogP contribution is -2.24. The summed E-state index contributed by atoms with van der Waals surface area (Å²) in [6.07, 6.45) is 0.912. The lowest BCUT2D eigenvalue weighted by Gasteiger charge is -1.97. The number of rotatable bonds is 1. The van der Waals surface area contributed by atoms with Crippen LogP contribution in [0.2, 0.25) is 0 Å². The molecular formula is C5H11ClN2O. The predicted molar refractivity (Wildman–Crippen MR) is 37.4 cm³/mol. The van der Waals surface area contributed by atoms with Gasteiger partial charge in [0.1, 0.15) is 0 Å². The standard InChI is InChI=1S/C5H10N2O.ClH/c6-3-4-1-2-7-5(4)8;/h4H,1-3,6H2,(H,7,8);1H. The maximum Gasteiger partial charge on any atom is 0.224 e. The van der Waals surface area contributed by atoms with E-state index in [1.54, 1.807) is 0 Å². The summed E-state index contributed by atoms with van der Waals surface area (Å²) in [7, 11) is 0. The van der Waals surface area contributed by atoms with E-state index < -0.39 is 0 Å². The maximum absolute atomic E-state index is 10.6. The minimum atomic E-state index is 0. The third kappa shape index (κ3) is 1.84. The zero-order valence-electron chi connectivity index (χ0n) is 5.09. The van der Waals surface area contributed by atoms with Crippen LogP contribution >= 0.6 is 12.4 Å². The quantitative estimate of drug-likeness (QED) is 0.530. The highest BCUT2D eigenvalue weighted by atomic mass is 35.5. The molecule has 1 amide bonds. The molecule has 54 valence electrons. The maximum atomic E-state index is 10.6. The van der Waals surface area contributed by atoms with Gasteiger partial charge in [-0.25, -0.2) is 0 Å². The molecule has 0 saturated carbocycles. The van der Waals surface area contributed by atoms with Gasteiger partial charge in [-0.2, -0.15) is 0 Å². The van der Waals surface area contributed by atoms with Crippen molar-refractivity contribution in [3.05, 3.63) is 0 Å². The molecule has 0 aromatic rings. The van der Waals surface area contributed by atoms with Crippen LogP contribution < -0.4 is 11.1 Å². The zero-order chi connectivity index (χ0) is 5.98. The number of carbonyl (C=O) groups excluding carboxylic acids is 1. The van der Waals surface area contributed by atoms with E-state index in [0.29, 0.717) is 6.54 Å². The Morgan fingerprint density at radius 3 is 2.67 bits per heavy atom. The van der Waals surface area contributed by atoms with Gasteiger partial charge in [-0.15, -0.1) is 12.4 Å². The van der Waals surface area contributed by atoms with E-state index >= 15 is 0 Å². The summed E-state index contributed by atoms with van der Waals surface area (Å²) < 4.78 is 0. The molecule has 1 fully saturated rings. The molecule has 1 aliphatic rings. The van der Waals surface area contributed by atoms with Gasteiger partial charge in [0.2, 0.25) is 5.91 Å². The Morgan fingerprint density at radius 1 is 1.78 bits per heavy atom. The smallest absolute Gasteiger partial charge is 0.224 e. The average molecular weight is 151 g/mol. The van der Waals surface area contributed by atoms with Crippen molar-refractivity contribution >= 4 is 18.3 Å². The van der Waals surface area contributed by atoms with Crippen LogP contribution in [0.5, 0.6) is 0 Å². The van der Waals surface area contributed by atoms with Gasteiger partial charge in [-0.3, -0.25) is 4.79 Å². The number of nitrogens with two attached hydrogens (primary N) is 1. The second-order valence-electron chi connectivity index (χ2n) is 2.01. The Morgan fingerprint density at radius 2 is 2.44 bits per heavy atom. The van der Waals surface area contributed by atoms with Crippen molar-refractivity contribution in [1.82, 2.24) is 5.32 Å². The van der Waals surface area contributed by atoms with E-state index in [0.717, 1.165) is 13.0 Å². The summed E-state index contributed by atoms with van der Waals surface area (Å²) in [6, 6.07) is 0. The molecule has 0 aromatic carbocycles. The molecule has 1 saturated heterocycles. The van der Waals surface area contributed by atoms with Crippen molar-refractivity contribution in [2.24, 2.45) is 11.7 Å². The van der Waals surface area contributed by atoms with Gasteiger partial charge in [0.15, 0.2) is 0 Å². The molecule has 1 unspecified atom stereocenters.